The number of rotatable bonds is 2. The van der Waals surface area contributed by atoms with Crippen LogP contribution >= 0.6 is 11.8 Å². The fourth-order valence-corrected chi connectivity index (χ4v) is 1.91. The monoisotopic (exact) mass is 275 g/mol. The van der Waals surface area contributed by atoms with Gasteiger partial charge >= 0.3 is 0 Å². The molecule has 2 aromatic rings. The van der Waals surface area contributed by atoms with E-state index in [1.165, 1.54) is 30.0 Å². The number of phenols is 2. The zero-order chi connectivity index (χ0) is 14.0. The summed E-state index contributed by atoms with van der Waals surface area (Å²) in [6.45, 7) is 0. The highest BCUT2D eigenvalue weighted by atomic mass is 32.2. The number of nitrogens with zero attached hydrogens (tertiary/aromatic N) is 2. The van der Waals surface area contributed by atoms with E-state index < -0.39 is 5.56 Å². The number of nitrogens with one attached hydrogen (secondary N) is 1. The summed E-state index contributed by atoms with van der Waals surface area (Å²) >= 11 is 1.23. The zero-order valence-electron chi connectivity index (χ0n) is 9.84. The molecule has 0 aliphatic heterocycles. The van der Waals surface area contributed by atoms with Crippen LogP contribution in [0.1, 0.15) is 5.56 Å². The summed E-state index contributed by atoms with van der Waals surface area (Å²) < 4.78 is 0. The molecule has 7 heteroatoms. The van der Waals surface area contributed by atoms with Crippen LogP contribution in [0, 0.1) is 11.3 Å². The van der Waals surface area contributed by atoms with Crippen molar-refractivity contribution in [2.45, 2.75) is 5.16 Å². The molecule has 2 rings (SSSR count). The molecule has 0 atom stereocenters. The van der Waals surface area contributed by atoms with E-state index >= 15 is 0 Å². The van der Waals surface area contributed by atoms with Crippen LogP contribution in [0.3, 0.4) is 0 Å². The molecule has 0 fully saturated rings. The fraction of sp³-hybridized carbons (Fsp3) is 0.0833. The van der Waals surface area contributed by atoms with Crippen molar-refractivity contribution in [1.29, 1.82) is 5.26 Å². The second-order valence-electron chi connectivity index (χ2n) is 3.61. The number of benzene rings is 1. The minimum absolute atomic E-state index is 0.136. The Morgan fingerprint density at radius 1 is 1.37 bits per heavy atom. The van der Waals surface area contributed by atoms with Crippen LogP contribution in [0.2, 0.25) is 0 Å². The molecule has 1 heterocycles. The highest BCUT2D eigenvalue weighted by Crippen LogP contribution is 2.30. The van der Waals surface area contributed by atoms with Crippen LogP contribution in [-0.4, -0.2) is 26.4 Å². The van der Waals surface area contributed by atoms with Gasteiger partial charge in [-0.2, -0.15) is 5.26 Å². The molecule has 1 aromatic heterocycles. The van der Waals surface area contributed by atoms with Gasteiger partial charge < -0.3 is 15.2 Å². The average molecular weight is 275 g/mol. The topological polar surface area (TPSA) is 110 Å². The lowest BCUT2D eigenvalue weighted by atomic mass is 10.1. The lowest BCUT2D eigenvalue weighted by Gasteiger charge is -2.06. The molecule has 0 radical (unpaired) electrons. The number of phenolic OH excluding ortho intramolecular Hbond substituents is 2. The van der Waals surface area contributed by atoms with E-state index in [0.29, 0.717) is 10.7 Å². The molecule has 6 nitrogen and oxygen atoms in total. The first-order valence-electron chi connectivity index (χ1n) is 5.17. The van der Waals surface area contributed by atoms with Crippen LogP contribution in [-0.2, 0) is 0 Å². The molecule has 96 valence electrons. The molecule has 1 aromatic carbocycles. The molecule has 3 N–H and O–H groups in total. The fourth-order valence-electron chi connectivity index (χ4n) is 1.53. The van der Waals surface area contributed by atoms with Gasteiger partial charge in [0.05, 0.1) is 5.69 Å². The Morgan fingerprint density at radius 2 is 2.11 bits per heavy atom. The van der Waals surface area contributed by atoms with Crippen molar-refractivity contribution >= 4 is 11.8 Å². The van der Waals surface area contributed by atoms with Crippen molar-refractivity contribution in [2.24, 2.45) is 0 Å². The summed E-state index contributed by atoms with van der Waals surface area (Å²) in [5, 5.41) is 28.1. The van der Waals surface area contributed by atoms with Gasteiger partial charge in [-0.05, 0) is 24.5 Å². The van der Waals surface area contributed by atoms with Gasteiger partial charge in [0.2, 0.25) is 0 Å². The third-order valence-corrected chi connectivity index (χ3v) is 3.03. The zero-order valence-corrected chi connectivity index (χ0v) is 10.7. The predicted octanol–water partition coefficient (Wildman–Crippen LogP) is 1.44. The third-order valence-electron chi connectivity index (χ3n) is 2.45. The number of hydrogen-bond acceptors (Lipinski definition) is 6. The highest BCUT2D eigenvalue weighted by Gasteiger charge is 2.14. The van der Waals surface area contributed by atoms with E-state index in [0.717, 1.165) is 0 Å². The SMILES string of the molecule is CSc1nc(-c2ccc(O)c(O)c2)c(C#N)c(=O)[nH]1. The summed E-state index contributed by atoms with van der Waals surface area (Å²) in [5.41, 5.74) is -0.119. The van der Waals surface area contributed by atoms with E-state index in [2.05, 4.69) is 9.97 Å². The molecule has 0 saturated carbocycles. The van der Waals surface area contributed by atoms with Crippen molar-refractivity contribution in [2.75, 3.05) is 6.26 Å². The minimum Gasteiger partial charge on any atom is -0.504 e. The number of thioether (sulfide) groups is 1. The van der Waals surface area contributed by atoms with E-state index in [-0.39, 0.29) is 22.8 Å². The Labute approximate surface area is 112 Å². The summed E-state index contributed by atoms with van der Waals surface area (Å²) in [6.07, 6.45) is 1.74. The summed E-state index contributed by atoms with van der Waals surface area (Å²) in [4.78, 5) is 18.4. The van der Waals surface area contributed by atoms with Gasteiger partial charge in [-0.1, -0.05) is 11.8 Å². The molecular weight excluding hydrogens is 266 g/mol. The van der Waals surface area contributed by atoms with Gasteiger partial charge in [-0.3, -0.25) is 4.79 Å². The molecule has 0 aliphatic rings. The van der Waals surface area contributed by atoms with Crippen molar-refractivity contribution in [1.82, 2.24) is 9.97 Å². The van der Waals surface area contributed by atoms with Gasteiger partial charge in [0, 0.05) is 5.56 Å². The Hall–Kier alpha value is -2.46. The van der Waals surface area contributed by atoms with E-state index in [1.807, 2.05) is 0 Å². The number of H-pyrrole nitrogens is 1. The van der Waals surface area contributed by atoms with Crippen LogP contribution in [0.5, 0.6) is 11.5 Å². The smallest absolute Gasteiger partial charge is 0.270 e. The van der Waals surface area contributed by atoms with Gasteiger partial charge in [0.1, 0.15) is 11.6 Å². The standard InChI is InChI=1S/C12H9N3O3S/c1-19-12-14-10(7(5-13)11(18)15-12)6-2-3-8(16)9(17)4-6/h2-4,16-17H,1H3,(H,14,15,18). The first kappa shape index (κ1) is 13.0. The van der Waals surface area contributed by atoms with Crippen LogP contribution in [0.25, 0.3) is 11.3 Å². The molecule has 0 bridgehead atoms. The molecule has 0 amide bonds. The number of aromatic hydroxyl groups is 2. The maximum atomic E-state index is 11.7. The van der Waals surface area contributed by atoms with Gasteiger partial charge in [-0.15, -0.1) is 0 Å². The quantitative estimate of drug-likeness (QED) is 0.434. The summed E-state index contributed by atoms with van der Waals surface area (Å²) in [7, 11) is 0. The Morgan fingerprint density at radius 3 is 2.68 bits per heavy atom. The first-order valence-corrected chi connectivity index (χ1v) is 6.40. The predicted molar refractivity (Wildman–Crippen MR) is 70.1 cm³/mol. The Balaban J connectivity index is 2.73. The highest BCUT2D eigenvalue weighted by molar-refractivity contribution is 7.98. The van der Waals surface area contributed by atoms with Crippen LogP contribution < -0.4 is 5.56 Å². The van der Waals surface area contributed by atoms with E-state index in [1.54, 1.807) is 12.3 Å². The summed E-state index contributed by atoms with van der Waals surface area (Å²) in [6, 6.07) is 5.79. The maximum absolute atomic E-state index is 11.7. The van der Waals surface area contributed by atoms with Gasteiger partial charge in [0.15, 0.2) is 16.7 Å². The number of aromatic amines is 1. The molecule has 0 spiro atoms. The molecule has 19 heavy (non-hydrogen) atoms. The van der Waals surface area contributed by atoms with E-state index in [9.17, 15) is 15.0 Å². The average Bonchev–Trinajstić information content (AvgIpc) is 2.41. The Bertz CT molecular complexity index is 734. The third kappa shape index (κ3) is 2.39. The largest absolute Gasteiger partial charge is 0.504 e. The summed E-state index contributed by atoms with van der Waals surface area (Å²) in [5.74, 6) is -0.619. The van der Waals surface area contributed by atoms with Crippen molar-refractivity contribution in [3.05, 3.63) is 34.1 Å². The maximum Gasteiger partial charge on any atom is 0.270 e. The first-order chi connectivity index (χ1) is 9.06. The van der Waals surface area contributed by atoms with Crippen LogP contribution in [0.4, 0.5) is 0 Å². The second kappa shape index (κ2) is 5.04. The second-order valence-corrected chi connectivity index (χ2v) is 4.41. The minimum atomic E-state index is -0.538. The Kier molecular flexibility index (Phi) is 3.44. The van der Waals surface area contributed by atoms with Crippen LogP contribution in [0.15, 0.2) is 28.2 Å². The number of nitriles is 1. The van der Waals surface area contributed by atoms with E-state index in [4.69, 9.17) is 5.26 Å². The molecule has 0 unspecified atom stereocenters. The number of hydrogen-bond donors (Lipinski definition) is 3. The molecule has 0 saturated heterocycles. The lowest BCUT2D eigenvalue weighted by molar-refractivity contribution is 0.404. The van der Waals surface area contributed by atoms with Crippen molar-refractivity contribution in [3.8, 4) is 28.8 Å². The van der Waals surface area contributed by atoms with Crippen molar-refractivity contribution < 1.29 is 10.2 Å². The molecule has 0 aliphatic carbocycles. The molecular formula is C12H9N3O3S. The lowest BCUT2D eigenvalue weighted by Crippen LogP contribution is -2.14. The van der Waals surface area contributed by atoms with Gasteiger partial charge in [-0.25, -0.2) is 4.98 Å². The van der Waals surface area contributed by atoms with Gasteiger partial charge in [0.25, 0.3) is 5.56 Å². The number of aromatic nitrogens is 2. The van der Waals surface area contributed by atoms with Crippen molar-refractivity contribution in [3.63, 3.8) is 0 Å². The normalized spacial score (nSPS) is 10.1.